The van der Waals surface area contributed by atoms with Crippen LogP contribution >= 0.6 is 0 Å². The molecule has 5 aromatic carbocycles. The van der Waals surface area contributed by atoms with E-state index in [1.807, 2.05) is 91.0 Å². The Hall–Kier alpha value is -7.61. The zero-order valence-electron chi connectivity index (χ0n) is 35.3. The summed E-state index contributed by atoms with van der Waals surface area (Å²) in [5, 5.41) is 25.9. The van der Waals surface area contributed by atoms with E-state index in [-0.39, 0.29) is 57.2 Å². The van der Waals surface area contributed by atoms with Crippen molar-refractivity contribution >= 4 is 41.4 Å². The maximum Gasteiger partial charge on any atom is 0.305 e. The fraction of sp³-hybridized carbons (Fsp3) is 0.260. The SMILES string of the molecule is O=C(O)CCNC(=O)C1Cc2ccc(cc2)C(=O)NCCC(=O)NC(CCc2ccccc2)C(=O)NC(Cc2ccc(-c3ccccc3)cc2)C(=O)NC(Cc2ccccc2)C(=O)N1. The third kappa shape index (κ3) is 14.0. The maximum atomic E-state index is 14.6. The first kappa shape index (κ1) is 45.9. The van der Waals surface area contributed by atoms with Gasteiger partial charge in [-0.05, 0) is 58.4 Å². The zero-order valence-corrected chi connectivity index (χ0v) is 35.3. The standard InChI is InChI=1S/C50H52N6O8/c57-44-26-28-51-46(60)39-23-18-36(19-24-39)31-41(47(61)52-29-27-45(58)59)54-49(63)42(30-34-12-6-2-7-13-34)56-50(64)43(32-35-16-21-38(22-17-35)37-14-8-3-9-15-37)55-48(62)40(53-44)25-20-33-10-4-1-5-11-33/h1-19,21-24,40-43H,20,25-32H2,(H,51,60)(H,52,61)(H,53,57)(H,54,63)(H,55,62)(H,56,64)(H,58,59). The molecule has 0 saturated heterocycles. The first-order chi connectivity index (χ1) is 31.0. The van der Waals surface area contributed by atoms with Crippen LogP contribution in [0.1, 0.15) is 51.9 Å². The molecule has 64 heavy (non-hydrogen) atoms. The number of amides is 6. The fourth-order valence-corrected chi connectivity index (χ4v) is 7.32. The van der Waals surface area contributed by atoms with E-state index in [4.69, 9.17) is 0 Å². The Kier molecular flexibility index (Phi) is 16.5. The highest BCUT2D eigenvalue weighted by Crippen LogP contribution is 2.20. The van der Waals surface area contributed by atoms with Crippen molar-refractivity contribution in [2.75, 3.05) is 13.1 Å². The summed E-state index contributed by atoms with van der Waals surface area (Å²) in [6, 6.07) is 37.3. The van der Waals surface area contributed by atoms with Crippen molar-refractivity contribution in [2.24, 2.45) is 0 Å². The average molecular weight is 865 g/mol. The van der Waals surface area contributed by atoms with E-state index in [1.165, 1.54) is 0 Å². The summed E-state index contributed by atoms with van der Waals surface area (Å²) in [6.07, 6.45) is 0.119. The van der Waals surface area contributed by atoms with Crippen LogP contribution in [0.15, 0.2) is 140 Å². The molecule has 14 nitrogen and oxygen atoms in total. The van der Waals surface area contributed by atoms with E-state index in [1.54, 1.807) is 48.5 Å². The van der Waals surface area contributed by atoms with Crippen molar-refractivity contribution in [2.45, 2.75) is 69.1 Å². The molecule has 14 heteroatoms. The molecule has 2 aliphatic rings. The predicted molar refractivity (Wildman–Crippen MR) is 241 cm³/mol. The number of aryl methyl sites for hydroxylation is 1. The number of nitrogens with one attached hydrogen (secondary N) is 6. The van der Waals surface area contributed by atoms with Gasteiger partial charge in [0.15, 0.2) is 0 Å². The molecule has 0 aromatic heterocycles. The van der Waals surface area contributed by atoms with Crippen LogP contribution in [-0.2, 0) is 54.5 Å². The topological polar surface area (TPSA) is 212 Å². The number of hydrogen-bond donors (Lipinski definition) is 7. The molecule has 0 aliphatic carbocycles. The number of carboxylic acid groups (broad SMARTS) is 1. The lowest BCUT2D eigenvalue weighted by atomic mass is 9.98. The van der Waals surface area contributed by atoms with Crippen molar-refractivity contribution in [3.8, 4) is 11.1 Å². The molecule has 4 atom stereocenters. The van der Waals surface area contributed by atoms with Crippen LogP contribution in [0.4, 0.5) is 0 Å². The lowest BCUT2D eigenvalue weighted by molar-refractivity contribution is -0.137. The smallest absolute Gasteiger partial charge is 0.305 e. The maximum absolute atomic E-state index is 14.6. The van der Waals surface area contributed by atoms with Crippen LogP contribution in [0.3, 0.4) is 0 Å². The van der Waals surface area contributed by atoms with Gasteiger partial charge in [-0.15, -0.1) is 0 Å². The van der Waals surface area contributed by atoms with Crippen molar-refractivity contribution in [3.63, 3.8) is 0 Å². The minimum atomic E-state index is -1.25. The quantitative estimate of drug-likeness (QED) is 0.0918. The number of carboxylic acids is 1. The molecule has 0 radical (unpaired) electrons. The van der Waals surface area contributed by atoms with Crippen LogP contribution in [-0.4, -0.2) is 83.8 Å². The molecule has 7 N–H and O–H groups in total. The van der Waals surface area contributed by atoms with E-state index in [9.17, 15) is 38.7 Å². The molecular formula is C50H52N6O8. The van der Waals surface area contributed by atoms with Gasteiger partial charge in [0.2, 0.25) is 29.5 Å². The highest BCUT2D eigenvalue weighted by Gasteiger charge is 2.32. The third-order valence-corrected chi connectivity index (χ3v) is 10.8. The first-order valence-electron chi connectivity index (χ1n) is 21.3. The zero-order chi connectivity index (χ0) is 45.3. The van der Waals surface area contributed by atoms with Gasteiger partial charge in [0.05, 0.1) is 6.42 Å². The average Bonchev–Trinajstić information content (AvgIpc) is 3.30. The molecule has 330 valence electrons. The van der Waals surface area contributed by atoms with Gasteiger partial charge in [0.25, 0.3) is 5.91 Å². The molecule has 4 unspecified atom stereocenters. The normalized spacial score (nSPS) is 18.8. The van der Waals surface area contributed by atoms with Crippen molar-refractivity contribution in [1.82, 2.24) is 31.9 Å². The minimum Gasteiger partial charge on any atom is -0.481 e. The molecular weight excluding hydrogens is 813 g/mol. The van der Waals surface area contributed by atoms with Gasteiger partial charge in [-0.1, -0.05) is 127 Å². The van der Waals surface area contributed by atoms with Gasteiger partial charge < -0.3 is 37.0 Å². The third-order valence-electron chi connectivity index (χ3n) is 10.8. The van der Waals surface area contributed by atoms with Crippen LogP contribution in [0.25, 0.3) is 11.1 Å². The highest BCUT2D eigenvalue weighted by molar-refractivity contribution is 5.97. The van der Waals surface area contributed by atoms with Crippen LogP contribution in [0, 0.1) is 0 Å². The molecule has 2 heterocycles. The number of aliphatic carboxylic acids is 1. The first-order valence-corrected chi connectivity index (χ1v) is 21.3. The van der Waals surface area contributed by atoms with Gasteiger partial charge in [0, 0.05) is 44.3 Å². The van der Waals surface area contributed by atoms with Gasteiger partial charge >= 0.3 is 5.97 Å². The van der Waals surface area contributed by atoms with Gasteiger partial charge in [-0.3, -0.25) is 33.6 Å². The largest absolute Gasteiger partial charge is 0.481 e. The molecule has 0 saturated carbocycles. The monoisotopic (exact) mass is 864 g/mol. The number of carbonyl (C=O) groups is 7. The van der Waals surface area contributed by atoms with E-state index >= 15 is 0 Å². The van der Waals surface area contributed by atoms with E-state index in [2.05, 4.69) is 31.9 Å². The van der Waals surface area contributed by atoms with Crippen molar-refractivity contribution in [3.05, 3.63) is 167 Å². The lowest BCUT2D eigenvalue weighted by Crippen LogP contribution is -2.59. The molecule has 2 bridgehead atoms. The van der Waals surface area contributed by atoms with E-state index in [0.29, 0.717) is 23.1 Å². The molecule has 0 fully saturated rings. The fourth-order valence-electron chi connectivity index (χ4n) is 7.32. The number of hydrogen-bond acceptors (Lipinski definition) is 7. The van der Waals surface area contributed by atoms with E-state index < -0.39 is 65.6 Å². The minimum absolute atomic E-state index is 0.0117. The van der Waals surface area contributed by atoms with Crippen molar-refractivity contribution in [1.29, 1.82) is 0 Å². The second kappa shape index (κ2) is 23.0. The summed E-state index contributed by atoms with van der Waals surface area (Å²) in [5.74, 6) is -4.72. The Labute approximate surface area is 371 Å². The second-order valence-electron chi connectivity index (χ2n) is 15.6. The molecule has 2 aliphatic heterocycles. The Morgan fingerprint density at radius 2 is 1.08 bits per heavy atom. The van der Waals surface area contributed by atoms with E-state index in [0.717, 1.165) is 16.7 Å². The lowest BCUT2D eigenvalue weighted by Gasteiger charge is -2.27. The number of rotatable bonds is 12. The van der Waals surface area contributed by atoms with Crippen molar-refractivity contribution < 1.29 is 38.7 Å². The number of carbonyl (C=O) groups excluding carboxylic acids is 6. The summed E-state index contributed by atoms with van der Waals surface area (Å²) in [6.45, 7) is -0.224. The summed E-state index contributed by atoms with van der Waals surface area (Å²) in [5.41, 5.74) is 5.14. The molecule has 6 amide bonds. The van der Waals surface area contributed by atoms with Gasteiger partial charge in [-0.2, -0.15) is 0 Å². The Morgan fingerprint density at radius 1 is 0.562 bits per heavy atom. The van der Waals surface area contributed by atoms with Crippen LogP contribution in [0.5, 0.6) is 0 Å². The van der Waals surface area contributed by atoms with Gasteiger partial charge in [0.1, 0.15) is 24.2 Å². The number of fused-ring (bicyclic) bond motifs is 18. The highest BCUT2D eigenvalue weighted by atomic mass is 16.4. The number of benzene rings is 5. The molecule has 0 spiro atoms. The summed E-state index contributed by atoms with van der Waals surface area (Å²) in [4.78, 5) is 94.7. The molecule has 5 aromatic rings. The van der Waals surface area contributed by atoms with Crippen LogP contribution in [0.2, 0.25) is 0 Å². The summed E-state index contributed by atoms with van der Waals surface area (Å²) < 4.78 is 0. The Bertz CT molecular complexity index is 2380. The Balaban J connectivity index is 1.35. The summed E-state index contributed by atoms with van der Waals surface area (Å²) >= 11 is 0. The predicted octanol–water partition coefficient (Wildman–Crippen LogP) is 3.68. The second-order valence-corrected chi connectivity index (χ2v) is 15.6. The van der Waals surface area contributed by atoms with Gasteiger partial charge in [-0.25, -0.2) is 0 Å². The van der Waals surface area contributed by atoms with Crippen LogP contribution < -0.4 is 31.9 Å². The molecule has 7 rings (SSSR count). The Morgan fingerprint density at radius 3 is 1.69 bits per heavy atom. The summed E-state index contributed by atoms with van der Waals surface area (Å²) in [7, 11) is 0.